The number of H-pyrrole nitrogens is 1. The van der Waals surface area contributed by atoms with Crippen LogP contribution in [0.4, 0.5) is 0 Å². The first-order chi connectivity index (χ1) is 22.4. The Morgan fingerprint density at radius 3 is 2.67 bits per heavy atom. The highest BCUT2D eigenvalue weighted by Gasteiger charge is 2.28. The molecule has 6 rings (SSSR count). The molecule has 1 aliphatic rings. The number of nitrogens with zero attached hydrogens (tertiary/aromatic N) is 3. The number of carbonyl (C=O) groups excluding carboxylic acids is 1. The van der Waals surface area contributed by atoms with Gasteiger partial charge in [0.2, 0.25) is 0 Å². The van der Waals surface area contributed by atoms with Gasteiger partial charge in [-0.25, -0.2) is 4.79 Å². The van der Waals surface area contributed by atoms with E-state index in [1.165, 1.54) is 0 Å². The summed E-state index contributed by atoms with van der Waals surface area (Å²) >= 11 is 6.94. The zero-order valence-corrected chi connectivity index (χ0v) is 27.4. The topological polar surface area (TPSA) is 102 Å². The average molecular weight is 645 g/mol. The minimum Gasteiger partial charge on any atom is -0.493 e. The van der Waals surface area contributed by atoms with Crippen molar-refractivity contribution in [3.63, 3.8) is 0 Å². The van der Waals surface area contributed by atoms with Crippen molar-refractivity contribution in [1.82, 2.24) is 19.7 Å². The molecule has 1 aliphatic heterocycles. The van der Waals surface area contributed by atoms with E-state index in [1.807, 2.05) is 50.4 Å². The van der Waals surface area contributed by atoms with Crippen LogP contribution in [0, 0.1) is 6.92 Å². The first kappa shape index (κ1) is 32.1. The van der Waals surface area contributed by atoms with Crippen LogP contribution in [0.15, 0.2) is 54.6 Å². The number of fused-ring (bicyclic) bond motifs is 2. The zero-order valence-electron chi connectivity index (χ0n) is 26.6. The summed E-state index contributed by atoms with van der Waals surface area (Å²) in [6, 6.07) is 18.0. The maximum Gasteiger partial charge on any atom is 0.355 e. The largest absolute Gasteiger partial charge is 0.493 e. The molecule has 0 bridgehead atoms. The lowest BCUT2D eigenvalue weighted by Crippen LogP contribution is -2.37. The van der Waals surface area contributed by atoms with Crippen LogP contribution < -0.4 is 4.74 Å². The first-order valence-corrected chi connectivity index (χ1v) is 16.4. The van der Waals surface area contributed by atoms with Crippen molar-refractivity contribution < 1.29 is 24.1 Å². The lowest BCUT2D eigenvalue weighted by molar-refractivity contribution is 0.0297. The summed E-state index contributed by atoms with van der Waals surface area (Å²) in [5.74, 6) is 0.419. The molecule has 0 aliphatic carbocycles. The van der Waals surface area contributed by atoms with Gasteiger partial charge in [0.25, 0.3) is 0 Å². The van der Waals surface area contributed by atoms with Crippen LogP contribution in [0.1, 0.15) is 53.3 Å². The number of carbonyl (C=O) groups is 1. The minimum atomic E-state index is -0.797. The molecule has 5 aromatic rings. The van der Waals surface area contributed by atoms with Crippen molar-refractivity contribution in [2.75, 3.05) is 46.1 Å². The lowest BCUT2D eigenvalue weighted by atomic mass is 9.96. The number of aliphatic hydroxyl groups excluding tert-OH is 1. The molecule has 10 heteroatoms. The monoisotopic (exact) mass is 644 g/mol. The Labute approximate surface area is 274 Å². The maximum absolute atomic E-state index is 13.3. The summed E-state index contributed by atoms with van der Waals surface area (Å²) in [5, 5.41) is 19.8. The molecule has 242 valence electrons. The van der Waals surface area contributed by atoms with Crippen LogP contribution in [0.3, 0.4) is 0 Å². The van der Waals surface area contributed by atoms with Gasteiger partial charge >= 0.3 is 5.97 Å². The molecule has 2 aromatic heterocycles. The first-order valence-electron chi connectivity index (χ1n) is 16.0. The van der Waals surface area contributed by atoms with Crippen molar-refractivity contribution in [3.8, 4) is 16.9 Å². The summed E-state index contributed by atoms with van der Waals surface area (Å²) in [6.07, 6.45) is 0.991. The molecule has 0 unspecified atom stereocenters. The highest BCUT2D eigenvalue weighted by Crippen LogP contribution is 2.42. The molecule has 0 amide bonds. The molecular formula is C36H41ClN4O5. The van der Waals surface area contributed by atoms with E-state index >= 15 is 0 Å². The number of aromatic amines is 1. The predicted molar refractivity (Wildman–Crippen MR) is 181 cm³/mol. The van der Waals surface area contributed by atoms with Crippen LogP contribution in [0.5, 0.6) is 5.75 Å². The number of esters is 1. The van der Waals surface area contributed by atoms with Crippen LogP contribution in [-0.4, -0.2) is 76.8 Å². The normalized spacial score (nSPS) is 14.6. The molecule has 2 N–H and O–H groups in total. The Kier molecular flexibility index (Phi) is 9.94. The van der Waals surface area contributed by atoms with E-state index in [-0.39, 0.29) is 6.61 Å². The molecule has 1 fully saturated rings. The molecule has 0 spiro atoms. The van der Waals surface area contributed by atoms with Gasteiger partial charge in [-0.15, -0.1) is 0 Å². The maximum atomic E-state index is 13.3. The van der Waals surface area contributed by atoms with Crippen LogP contribution in [-0.2, 0) is 22.9 Å². The number of aliphatic hydroxyl groups is 1. The zero-order chi connectivity index (χ0) is 32.2. The molecule has 3 aromatic carbocycles. The fourth-order valence-electron chi connectivity index (χ4n) is 6.37. The van der Waals surface area contributed by atoms with Crippen molar-refractivity contribution in [1.29, 1.82) is 0 Å². The standard InChI is InChI=1S/C36H41ClN4O5/c1-4-45-36(43)34-26(12-8-20-46-30-13-7-10-24-9-5-6-11-25(24)30)27-14-15-28(37)32(33(27)38-34)31-23(2)40(3)39-35(31)29(42)16-17-41-18-21-44-22-19-41/h5-7,9-11,13-15,29,38,42H,4,8,12,16-22H2,1-3H3/t29-/m1/s1. The highest BCUT2D eigenvalue weighted by atomic mass is 35.5. The molecule has 46 heavy (non-hydrogen) atoms. The molecule has 1 atom stereocenters. The van der Waals surface area contributed by atoms with Crippen molar-refractivity contribution in [2.24, 2.45) is 7.05 Å². The highest BCUT2D eigenvalue weighted by molar-refractivity contribution is 6.35. The average Bonchev–Trinajstić information content (AvgIpc) is 3.59. The number of hydrogen-bond donors (Lipinski definition) is 2. The Balaban J connectivity index is 1.32. The molecule has 9 nitrogen and oxygen atoms in total. The SMILES string of the molecule is CCOC(=O)c1[nH]c2c(-c3c([C@H](O)CCN4CCOCC4)nn(C)c3C)c(Cl)ccc2c1CCCOc1cccc2ccccc12. The number of aromatic nitrogens is 3. The Hall–Kier alpha value is -3.89. The Morgan fingerprint density at radius 2 is 1.87 bits per heavy atom. The van der Waals surface area contributed by atoms with E-state index in [0.717, 1.165) is 63.9 Å². The predicted octanol–water partition coefficient (Wildman–Crippen LogP) is 6.63. The van der Waals surface area contributed by atoms with Gasteiger partial charge in [0.1, 0.15) is 11.4 Å². The number of hydrogen-bond acceptors (Lipinski definition) is 7. The van der Waals surface area contributed by atoms with Gasteiger partial charge in [0, 0.05) is 54.3 Å². The van der Waals surface area contributed by atoms with E-state index < -0.39 is 12.1 Å². The number of halogens is 1. The number of benzene rings is 3. The number of rotatable bonds is 12. The number of aryl methyl sites for hydroxylation is 2. The molecule has 3 heterocycles. The van der Waals surface area contributed by atoms with Gasteiger partial charge in [-0.3, -0.25) is 9.58 Å². The van der Waals surface area contributed by atoms with Gasteiger partial charge in [0.05, 0.1) is 48.8 Å². The lowest BCUT2D eigenvalue weighted by Gasteiger charge is -2.27. The Morgan fingerprint density at radius 1 is 1.09 bits per heavy atom. The van der Waals surface area contributed by atoms with Gasteiger partial charge in [-0.2, -0.15) is 5.10 Å². The van der Waals surface area contributed by atoms with E-state index in [0.29, 0.717) is 61.1 Å². The fraction of sp³-hybridized carbons (Fsp3) is 0.389. The van der Waals surface area contributed by atoms with Crippen LogP contribution in [0.2, 0.25) is 5.02 Å². The van der Waals surface area contributed by atoms with E-state index in [2.05, 4.69) is 28.1 Å². The van der Waals surface area contributed by atoms with Crippen LogP contribution >= 0.6 is 11.6 Å². The van der Waals surface area contributed by atoms with Gasteiger partial charge in [0.15, 0.2) is 0 Å². The summed E-state index contributed by atoms with van der Waals surface area (Å²) in [5.41, 5.74) is 4.90. The van der Waals surface area contributed by atoms with Crippen molar-refractivity contribution in [2.45, 2.75) is 39.2 Å². The van der Waals surface area contributed by atoms with Gasteiger partial charge in [-0.05, 0) is 56.2 Å². The summed E-state index contributed by atoms with van der Waals surface area (Å²) in [7, 11) is 1.87. The van der Waals surface area contributed by atoms with Crippen molar-refractivity contribution in [3.05, 3.63) is 82.3 Å². The van der Waals surface area contributed by atoms with Gasteiger partial charge in [-0.1, -0.05) is 54.1 Å². The van der Waals surface area contributed by atoms with Crippen LogP contribution in [0.25, 0.3) is 32.8 Å². The third-order valence-corrected chi connectivity index (χ3v) is 9.15. The number of nitrogens with one attached hydrogen (secondary N) is 1. The number of morpholine rings is 1. The smallest absolute Gasteiger partial charge is 0.355 e. The molecule has 1 saturated heterocycles. The second kappa shape index (κ2) is 14.3. The fourth-order valence-corrected chi connectivity index (χ4v) is 6.62. The van der Waals surface area contributed by atoms with E-state index in [4.69, 9.17) is 30.9 Å². The third-order valence-electron chi connectivity index (χ3n) is 8.84. The quantitative estimate of drug-likeness (QED) is 0.116. The molecule has 0 saturated carbocycles. The summed E-state index contributed by atoms with van der Waals surface area (Å²) in [6.45, 7) is 8.33. The summed E-state index contributed by atoms with van der Waals surface area (Å²) in [4.78, 5) is 18.9. The second-order valence-electron chi connectivity index (χ2n) is 11.7. The third kappa shape index (κ3) is 6.51. The molecular weight excluding hydrogens is 604 g/mol. The van der Waals surface area contributed by atoms with Gasteiger partial charge < -0.3 is 24.3 Å². The van der Waals surface area contributed by atoms with E-state index in [9.17, 15) is 9.90 Å². The van der Waals surface area contributed by atoms with E-state index in [1.54, 1.807) is 11.6 Å². The number of ether oxygens (including phenoxy) is 3. The Bertz CT molecular complexity index is 1840. The minimum absolute atomic E-state index is 0.257. The van der Waals surface area contributed by atoms with Crippen molar-refractivity contribution >= 4 is 39.2 Å². The summed E-state index contributed by atoms with van der Waals surface area (Å²) < 4.78 is 18.9. The molecule has 0 radical (unpaired) electrons. The second-order valence-corrected chi connectivity index (χ2v) is 12.1.